The molecular weight excluding hydrogens is 328 g/mol. The maximum absolute atomic E-state index is 14.4. The standard InChI is InChI=1S/C15H10ClF2N3O2/c16-8-3-4-20-15-10(8)7(5-21-15)13(22)11-9(17)2-1-6(12(11)18)14(19)23/h1-5,13,22H,(H2,19,23)(H,20,21). The van der Waals surface area contributed by atoms with Crippen molar-refractivity contribution in [3.8, 4) is 0 Å². The second-order valence-electron chi connectivity index (χ2n) is 4.85. The minimum absolute atomic E-state index is 0.137. The number of H-pyrrole nitrogens is 1. The van der Waals surface area contributed by atoms with Gasteiger partial charge >= 0.3 is 0 Å². The van der Waals surface area contributed by atoms with Crippen molar-refractivity contribution in [1.82, 2.24) is 9.97 Å². The predicted molar refractivity (Wildman–Crippen MR) is 80.0 cm³/mol. The molecule has 118 valence electrons. The average molecular weight is 338 g/mol. The maximum Gasteiger partial charge on any atom is 0.251 e. The Kier molecular flexibility index (Phi) is 3.75. The van der Waals surface area contributed by atoms with E-state index in [-0.39, 0.29) is 10.6 Å². The summed E-state index contributed by atoms with van der Waals surface area (Å²) in [7, 11) is 0. The number of aliphatic hydroxyl groups is 1. The fourth-order valence-electron chi connectivity index (χ4n) is 2.42. The first-order chi connectivity index (χ1) is 10.9. The number of carbonyl (C=O) groups is 1. The Labute approximate surface area is 133 Å². The first-order valence-electron chi connectivity index (χ1n) is 6.49. The molecule has 0 aliphatic heterocycles. The van der Waals surface area contributed by atoms with E-state index in [1.165, 1.54) is 18.5 Å². The highest BCUT2D eigenvalue weighted by Crippen LogP contribution is 2.35. The summed E-state index contributed by atoms with van der Waals surface area (Å²) in [5.41, 5.74) is 4.35. The summed E-state index contributed by atoms with van der Waals surface area (Å²) in [6.07, 6.45) is 1.11. The number of rotatable bonds is 3. The number of halogens is 3. The zero-order valence-electron chi connectivity index (χ0n) is 11.5. The number of nitrogens with zero attached hydrogens (tertiary/aromatic N) is 1. The number of nitrogens with two attached hydrogens (primary N) is 1. The molecule has 2 heterocycles. The minimum atomic E-state index is -1.69. The third-order valence-corrected chi connectivity index (χ3v) is 3.83. The van der Waals surface area contributed by atoms with Crippen LogP contribution in [-0.2, 0) is 0 Å². The summed E-state index contributed by atoms with van der Waals surface area (Å²) in [6.45, 7) is 0. The number of pyridine rings is 1. The topological polar surface area (TPSA) is 92.0 Å². The lowest BCUT2D eigenvalue weighted by Crippen LogP contribution is -2.16. The van der Waals surface area contributed by atoms with E-state index in [2.05, 4.69) is 9.97 Å². The number of carbonyl (C=O) groups excluding carboxylic acids is 1. The quantitative estimate of drug-likeness (QED) is 0.686. The molecule has 3 rings (SSSR count). The lowest BCUT2D eigenvalue weighted by molar-refractivity contribution is 0.0995. The van der Waals surface area contributed by atoms with Gasteiger partial charge in [-0.1, -0.05) is 11.6 Å². The molecule has 1 aromatic carbocycles. The van der Waals surface area contributed by atoms with Crippen molar-refractivity contribution in [1.29, 1.82) is 0 Å². The first kappa shape index (κ1) is 15.4. The van der Waals surface area contributed by atoms with E-state index >= 15 is 0 Å². The van der Waals surface area contributed by atoms with Crippen LogP contribution in [0.5, 0.6) is 0 Å². The molecule has 23 heavy (non-hydrogen) atoms. The number of aliphatic hydroxyl groups excluding tert-OH is 1. The average Bonchev–Trinajstić information content (AvgIpc) is 2.92. The fourth-order valence-corrected chi connectivity index (χ4v) is 2.68. The summed E-state index contributed by atoms with van der Waals surface area (Å²) in [4.78, 5) is 18.0. The molecule has 1 unspecified atom stereocenters. The van der Waals surface area contributed by atoms with Crippen molar-refractivity contribution in [2.24, 2.45) is 5.73 Å². The van der Waals surface area contributed by atoms with Gasteiger partial charge in [-0.25, -0.2) is 13.8 Å². The molecule has 0 fully saturated rings. The van der Waals surface area contributed by atoms with Gasteiger partial charge in [-0.2, -0.15) is 0 Å². The van der Waals surface area contributed by atoms with Gasteiger partial charge in [0.05, 0.1) is 16.1 Å². The van der Waals surface area contributed by atoms with E-state index in [9.17, 15) is 18.7 Å². The SMILES string of the molecule is NC(=O)c1ccc(F)c(C(O)c2c[nH]c3nccc(Cl)c23)c1F. The number of aromatic nitrogens is 2. The smallest absolute Gasteiger partial charge is 0.251 e. The van der Waals surface area contributed by atoms with E-state index < -0.39 is 34.8 Å². The molecule has 0 bridgehead atoms. The maximum atomic E-state index is 14.4. The Hall–Kier alpha value is -2.51. The van der Waals surface area contributed by atoms with Crippen LogP contribution in [0.25, 0.3) is 11.0 Å². The van der Waals surface area contributed by atoms with Crippen LogP contribution < -0.4 is 5.73 Å². The van der Waals surface area contributed by atoms with Gasteiger partial charge in [0.1, 0.15) is 23.4 Å². The summed E-state index contributed by atoms with van der Waals surface area (Å²) >= 11 is 6.06. The Balaban J connectivity index is 2.22. The van der Waals surface area contributed by atoms with Crippen LogP contribution in [0.15, 0.2) is 30.6 Å². The van der Waals surface area contributed by atoms with Crippen molar-refractivity contribution in [2.45, 2.75) is 6.10 Å². The summed E-state index contributed by atoms with van der Waals surface area (Å²) in [6, 6.07) is 3.28. The van der Waals surface area contributed by atoms with Crippen LogP contribution in [0.2, 0.25) is 5.02 Å². The zero-order chi connectivity index (χ0) is 16.7. The van der Waals surface area contributed by atoms with Crippen LogP contribution >= 0.6 is 11.6 Å². The van der Waals surface area contributed by atoms with E-state index in [0.29, 0.717) is 11.0 Å². The van der Waals surface area contributed by atoms with Crippen LogP contribution in [0.4, 0.5) is 8.78 Å². The summed E-state index contributed by atoms with van der Waals surface area (Å²) in [5.74, 6) is -3.27. The Morgan fingerprint density at radius 1 is 1.35 bits per heavy atom. The van der Waals surface area contributed by atoms with Gasteiger partial charge in [-0.05, 0) is 18.2 Å². The molecule has 5 nitrogen and oxygen atoms in total. The van der Waals surface area contributed by atoms with E-state index in [0.717, 1.165) is 12.1 Å². The molecule has 0 aliphatic carbocycles. The molecule has 1 amide bonds. The number of hydrogen-bond acceptors (Lipinski definition) is 3. The summed E-state index contributed by atoms with van der Waals surface area (Å²) < 4.78 is 28.4. The molecule has 4 N–H and O–H groups in total. The van der Waals surface area contributed by atoms with Crippen molar-refractivity contribution >= 4 is 28.5 Å². The fraction of sp³-hybridized carbons (Fsp3) is 0.0667. The molecule has 3 aromatic rings. The highest BCUT2D eigenvalue weighted by Gasteiger charge is 2.26. The number of primary amides is 1. The van der Waals surface area contributed by atoms with Gasteiger partial charge in [-0.15, -0.1) is 0 Å². The van der Waals surface area contributed by atoms with Crippen molar-refractivity contribution in [2.75, 3.05) is 0 Å². The molecule has 0 spiro atoms. The van der Waals surface area contributed by atoms with Crippen LogP contribution in [0.1, 0.15) is 27.6 Å². The second-order valence-corrected chi connectivity index (χ2v) is 5.26. The molecule has 0 saturated heterocycles. The Morgan fingerprint density at radius 3 is 2.78 bits per heavy atom. The lowest BCUT2D eigenvalue weighted by Gasteiger charge is -2.14. The van der Waals surface area contributed by atoms with Gasteiger partial charge in [0.15, 0.2) is 0 Å². The molecular formula is C15H10ClF2N3O2. The molecule has 0 saturated carbocycles. The van der Waals surface area contributed by atoms with Crippen molar-refractivity contribution < 1.29 is 18.7 Å². The summed E-state index contributed by atoms with van der Waals surface area (Å²) in [5, 5.41) is 11.0. The normalized spacial score (nSPS) is 12.5. The number of aromatic amines is 1. The molecule has 0 aliphatic rings. The number of hydrogen-bond donors (Lipinski definition) is 3. The van der Waals surface area contributed by atoms with Gasteiger partial charge in [0, 0.05) is 23.3 Å². The van der Waals surface area contributed by atoms with Crippen LogP contribution in [-0.4, -0.2) is 21.0 Å². The van der Waals surface area contributed by atoms with Gasteiger partial charge in [0.25, 0.3) is 5.91 Å². The second kappa shape index (κ2) is 5.60. The molecule has 8 heteroatoms. The number of nitrogens with one attached hydrogen (secondary N) is 1. The Bertz CT molecular complexity index is 926. The van der Waals surface area contributed by atoms with Crippen LogP contribution in [0.3, 0.4) is 0 Å². The van der Waals surface area contributed by atoms with E-state index in [1.54, 1.807) is 0 Å². The Morgan fingerprint density at radius 2 is 2.09 bits per heavy atom. The monoisotopic (exact) mass is 337 g/mol. The number of fused-ring (bicyclic) bond motifs is 1. The highest BCUT2D eigenvalue weighted by molar-refractivity contribution is 6.35. The van der Waals surface area contributed by atoms with Crippen molar-refractivity contribution in [3.63, 3.8) is 0 Å². The van der Waals surface area contributed by atoms with Crippen molar-refractivity contribution in [3.05, 3.63) is 63.9 Å². The first-order valence-corrected chi connectivity index (χ1v) is 6.87. The third-order valence-electron chi connectivity index (χ3n) is 3.51. The van der Waals surface area contributed by atoms with E-state index in [1.807, 2.05) is 0 Å². The number of benzene rings is 1. The lowest BCUT2D eigenvalue weighted by atomic mass is 9.98. The molecule has 0 radical (unpaired) electrons. The van der Waals surface area contributed by atoms with Gasteiger partial charge in [0.2, 0.25) is 0 Å². The van der Waals surface area contributed by atoms with Gasteiger partial charge < -0.3 is 15.8 Å². The van der Waals surface area contributed by atoms with E-state index in [4.69, 9.17) is 17.3 Å². The number of amides is 1. The van der Waals surface area contributed by atoms with Crippen LogP contribution in [0, 0.1) is 11.6 Å². The molecule has 2 aromatic heterocycles. The highest BCUT2D eigenvalue weighted by atomic mass is 35.5. The largest absolute Gasteiger partial charge is 0.383 e. The third kappa shape index (κ3) is 2.43. The van der Waals surface area contributed by atoms with Gasteiger partial charge in [-0.3, -0.25) is 4.79 Å². The zero-order valence-corrected chi connectivity index (χ0v) is 12.2. The molecule has 1 atom stereocenters. The minimum Gasteiger partial charge on any atom is -0.383 e. The predicted octanol–water partition coefficient (Wildman–Crippen LogP) is 2.68.